The highest BCUT2D eigenvalue weighted by atomic mass is 35.5. The Morgan fingerprint density at radius 3 is 2.57 bits per heavy atom. The largest absolute Gasteiger partial charge is 0.418 e. The van der Waals surface area contributed by atoms with E-state index in [0.717, 1.165) is 23.5 Å². The predicted octanol–water partition coefficient (Wildman–Crippen LogP) is 4.76. The lowest BCUT2D eigenvalue weighted by Gasteiger charge is -2.38. The van der Waals surface area contributed by atoms with Crippen molar-refractivity contribution in [3.8, 4) is 0 Å². The highest BCUT2D eigenvalue weighted by molar-refractivity contribution is 6.29. The zero-order valence-corrected chi connectivity index (χ0v) is 19.4. The van der Waals surface area contributed by atoms with Crippen molar-refractivity contribution in [3.63, 3.8) is 0 Å². The molecule has 1 aliphatic heterocycles. The van der Waals surface area contributed by atoms with Gasteiger partial charge in [-0.05, 0) is 18.1 Å². The number of fused-ring (bicyclic) bond motifs is 3. The Labute approximate surface area is 201 Å². The molecule has 0 aromatic carbocycles. The van der Waals surface area contributed by atoms with Crippen molar-refractivity contribution in [2.45, 2.75) is 43.7 Å². The minimum atomic E-state index is -4.89. The first-order valence-electron chi connectivity index (χ1n) is 10.8. The summed E-state index contributed by atoms with van der Waals surface area (Å²) in [6, 6.07) is 2.44. The third-order valence-corrected chi connectivity index (χ3v) is 6.58. The molecule has 0 bridgehead atoms. The highest BCUT2D eigenvalue weighted by Crippen LogP contribution is 2.45. The van der Waals surface area contributed by atoms with E-state index in [0.29, 0.717) is 22.1 Å². The Kier molecular flexibility index (Phi) is 5.24. The van der Waals surface area contributed by atoms with Gasteiger partial charge in [0.2, 0.25) is 0 Å². The zero-order valence-electron chi connectivity index (χ0n) is 18.6. The van der Waals surface area contributed by atoms with Crippen molar-refractivity contribution in [3.05, 3.63) is 52.2 Å². The maximum Gasteiger partial charge on any atom is 0.418 e. The average Bonchev–Trinajstić information content (AvgIpc) is 3.24. The second-order valence-electron chi connectivity index (χ2n) is 9.60. The van der Waals surface area contributed by atoms with Crippen LogP contribution in [-0.4, -0.2) is 55.9 Å². The number of halogens is 6. The summed E-state index contributed by atoms with van der Waals surface area (Å²) in [6.45, 7) is 2.52. The van der Waals surface area contributed by atoms with E-state index >= 15 is 0 Å². The maximum absolute atomic E-state index is 13.7. The van der Waals surface area contributed by atoms with Crippen LogP contribution in [0.15, 0.2) is 24.5 Å². The second-order valence-corrected chi connectivity index (χ2v) is 9.99. The van der Waals surface area contributed by atoms with Crippen molar-refractivity contribution < 1.29 is 26.7 Å². The lowest BCUT2D eigenvalue weighted by atomic mass is 9.89. The first-order chi connectivity index (χ1) is 16.2. The minimum absolute atomic E-state index is 0.0604. The number of pyridine rings is 1. The molecule has 13 heteroatoms. The molecule has 1 N–H and O–H groups in total. The van der Waals surface area contributed by atoms with E-state index in [1.54, 1.807) is 16.8 Å². The molecule has 0 saturated carbocycles. The van der Waals surface area contributed by atoms with Gasteiger partial charge in [0, 0.05) is 30.1 Å². The Bertz CT molecular complexity index is 1330. The van der Waals surface area contributed by atoms with Crippen molar-refractivity contribution in [2.75, 3.05) is 25.0 Å². The van der Waals surface area contributed by atoms with Crippen molar-refractivity contribution in [2.24, 2.45) is 0 Å². The molecule has 3 aromatic rings. The quantitative estimate of drug-likeness (QED) is 0.508. The fourth-order valence-electron chi connectivity index (χ4n) is 4.89. The number of anilines is 1. The fraction of sp³-hybridized carbons (Fsp3) is 0.455. The molecule has 1 amide bonds. The second kappa shape index (κ2) is 7.74. The van der Waals surface area contributed by atoms with Crippen LogP contribution in [0.2, 0.25) is 5.15 Å². The van der Waals surface area contributed by atoms with Crippen molar-refractivity contribution in [1.82, 2.24) is 24.5 Å². The van der Waals surface area contributed by atoms with Crippen LogP contribution in [0.4, 0.5) is 27.6 Å². The van der Waals surface area contributed by atoms with Gasteiger partial charge in [-0.3, -0.25) is 4.79 Å². The molecule has 2 aliphatic rings. The van der Waals surface area contributed by atoms with Gasteiger partial charge in [-0.25, -0.2) is 23.3 Å². The summed E-state index contributed by atoms with van der Waals surface area (Å²) in [6.07, 6.45) is -1.36. The topological polar surface area (TPSA) is 75.4 Å². The van der Waals surface area contributed by atoms with Gasteiger partial charge in [0.15, 0.2) is 10.8 Å². The van der Waals surface area contributed by atoms with Crippen LogP contribution in [-0.2, 0) is 11.6 Å². The zero-order chi connectivity index (χ0) is 25.3. The number of carbonyl (C=O) groups is 1. The summed E-state index contributed by atoms with van der Waals surface area (Å²) >= 11 is 6.04. The number of amides is 1. The summed E-state index contributed by atoms with van der Waals surface area (Å²) in [5.41, 5.74) is 0.0488. The van der Waals surface area contributed by atoms with Gasteiger partial charge in [0.05, 0.1) is 36.2 Å². The van der Waals surface area contributed by atoms with Crippen LogP contribution in [0, 0.1) is 0 Å². The number of alkyl halides is 5. The number of aromatic nitrogens is 4. The van der Waals surface area contributed by atoms with Gasteiger partial charge in [-0.2, -0.15) is 18.3 Å². The molecule has 1 fully saturated rings. The van der Waals surface area contributed by atoms with Crippen LogP contribution in [0.3, 0.4) is 0 Å². The highest BCUT2D eigenvalue weighted by Gasteiger charge is 2.48. The van der Waals surface area contributed by atoms with E-state index in [2.05, 4.69) is 20.4 Å². The van der Waals surface area contributed by atoms with Gasteiger partial charge in [0.1, 0.15) is 5.69 Å². The third-order valence-electron chi connectivity index (χ3n) is 6.40. The van der Waals surface area contributed by atoms with Gasteiger partial charge < -0.3 is 10.2 Å². The van der Waals surface area contributed by atoms with Gasteiger partial charge >= 0.3 is 6.18 Å². The first kappa shape index (κ1) is 23.7. The molecule has 1 atom stereocenters. The molecule has 1 unspecified atom stereocenters. The SMILES string of the molecule is CC1(C)CC(CNc2cnc(C(=O)N3CC(F)(F)C3)c(C(F)(F)F)c2)c2cnc3cc(Cl)nn3c21. The van der Waals surface area contributed by atoms with Gasteiger partial charge in [-0.1, -0.05) is 25.4 Å². The molecule has 4 heterocycles. The predicted molar refractivity (Wildman–Crippen MR) is 117 cm³/mol. The normalized spacial score (nSPS) is 20.6. The number of likely N-dealkylation sites (tertiary alicyclic amines) is 1. The third kappa shape index (κ3) is 4.17. The van der Waals surface area contributed by atoms with Crippen LogP contribution in [0.25, 0.3) is 5.65 Å². The molecule has 0 radical (unpaired) electrons. The van der Waals surface area contributed by atoms with Crippen LogP contribution in [0.1, 0.15) is 53.5 Å². The summed E-state index contributed by atoms with van der Waals surface area (Å²) in [7, 11) is 0. The molecule has 186 valence electrons. The Morgan fingerprint density at radius 1 is 1.20 bits per heavy atom. The fourth-order valence-corrected chi connectivity index (χ4v) is 5.07. The summed E-state index contributed by atoms with van der Waals surface area (Å²) in [5.74, 6) is -4.35. The Hall–Kier alpha value is -3.02. The van der Waals surface area contributed by atoms with Crippen LogP contribution in [0.5, 0.6) is 0 Å². The minimum Gasteiger partial charge on any atom is -0.383 e. The number of carbonyl (C=O) groups excluding carboxylic acids is 1. The summed E-state index contributed by atoms with van der Waals surface area (Å²) in [5, 5.41) is 7.60. The van der Waals surface area contributed by atoms with Crippen molar-refractivity contribution >= 4 is 28.8 Å². The first-order valence-corrected chi connectivity index (χ1v) is 11.2. The summed E-state index contributed by atoms with van der Waals surface area (Å²) in [4.78, 5) is 21.1. The number of hydrogen-bond acceptors (Lipinski definition) is 5. The number of nitrogens with one attached hydrogen (secondary N) is 1. The molecule has 0 spiro atoms. The van der Waals surface area contributed by atoms with E-state index in [9.17, 15) is 26.7 Å². The van der Waals surface area contributed by atoms with Crippen molar-refractivity contribution in [1.29, 1.82) is 0 Å². The summed E-state index contributed by atoms with van der Waals surface area (Å²) < 4.78 is 69.0. The molecule has 5 rings (SSSR count). The monoisotopic (exact) mass is 514 g/mol. The standard InChI is InChI=1S/C22H20ClF5N6O/c1-20(2)5-11(13-8-30-16-4-15(23)32-34(16)18(13)20)6-29-12-3-14(22(26,27)28)17(31-7-12)19(35)33-9-21(24,25)10-33/h3-4,7-8,11,29H,5-6,9-10H2,1-2H3. The number of hydrogen-bond donors (Lipinski definition) is 1. The molecular weight excluding hydrogens is 495 g/mol. The number of rotatable bonds is 4. The number of nitrogens with zero attached hydrogens (tertiary/aromatic N) is 5. The Balaban J connectivity index is 1.39. The Morgan fingerprint density at radius 2 is 1.91 bits per heavy atom. The molecule has 3 aromatic heterocycles. The van der Waals surface area contributed by atoms with E-state index in [4.69, 9.17) is 11.6 Å². The van der Waals surface area contributed by atoms with E-state index in [1.165, 1.54) is 0 Å². The lowest BCUT2D eigenvalue weighted by molar-refractivity contribution is -0.138. The molecule has 35 heavy (non-hydrogen) atoms. The van der Waals surface area contributed by atoms with Gasteiger partial charge in [0.25, 0.3) is 11.8 Å². The molecule has 1 saturated heterocycles. The smallest absolute Gasteiger partial charge is 0.383 e. The lowest BCUT2D eigenvalue weighted by Crippen LogP contribution is -2.58. The van der Waals surface area contributed by atoms with E-state index < -0.39 is 42.4 Å². The van der Waals surface area contributed by atoms with Crippen LogP contribution < -0.4 is 5.32 Å². The van der Waals surface area contributed by atoms with Gasteiger partial charge in [-0.15, -0.1) is 0 Å². The molecule has 7 nitrogen and oxygen atoms in total. The van der Waals surface area contributed by atoms with E-state index in [-0.39, 0.29) is 23.6 Å². The molecule has 1 aliphatic carbocycles. The van der Waals surface area contributed by atoms with E-state index in [1.807, 2.05) is 13.8 Å². The average molecular weight is 515 g/mol. The maximum atomic E-state index is 13.7. The van der Waals surface area contributed by atoms with Crippen LogP contribution >= 0.6 is 11.6 Å². The molecular formula is C22H20ClF5N6O.